The highest BCUT2D eigenvalue weighted by molar-refractivity contribution is 5.84. The van der Waals surface area contributed by atoms with E-state index in [-0.39, 0.29) is 0 Å². The standard InChI is InChI=1S/C8H12N4O7/c9-12-11-3-4(15)8(18)19-6(3)5(16)7(17)10-1-2(13)14/h3-6,8,15-16,18H,1H2,(H,10,17)(H,13,14)/t3?,4-,5-,6+,8+/m1/s1. The van der Waals surface area contributed by atoms with Crippen LogP contribution in [0.25, 0.3) is 10.4 Å². The summed E-state index contributed by atoms with van der Waals surface area (Å²) >= 11 is 0. The molecule has 1 fully saturated rings. The molecule has 11 heteroatoms. The molecule has 5 atom stereocenters. The monoisotopic (exact) mass is 276 g/mol. The van der Waals surface area contributed by atoms with Crippen molar-refractivity contribution in [3.05, 3.63) is 10.4 Å². The van der Waals surface area contributed by atoms with Gasteiger partial charge in [-0.05, 0) is 5.53 Å². The number of carbonyl (C=O) groups is 2. The molecule has 1 heterocycles. The zero-order valence-electron chi connectivity index (χ0n) is 9.45. The molecule has 11 nitrogen and oxygen atoms in total. The second kappa shape index (κ2) is 6.31. The lowest BCUT2D eigenvalue weighted by Gasteiger charge is -2.20. The van der Waals surface area contributed by atoms with Crippen LogP contribution in [0.1, 0.15) is 0 Å². The summed E-state index contributed by atoms with van der Waals surface area (Å²) in [5.74, 6) is -2.41. The number of ether oxygens (including phenoxy) is 1. The average molecular weight is 276 g/mol. The molecule has 1 amide bonds. The average Bonchev–Trinajstić information content (AvgIpc) is 2.63. The van der Waals surface area contributed by atoms with Crippen LogP contribution < -0.4 is 5.32 Å². The zero-order valence-corrected chi connectivity index (χ0v) is 9.45. The van der Waals surface area contributed by atoms with Gasteiger partial charge in [-0.1, -0.05) is 5.11 Å². The number of nitrogens with one attached hydrogen (secondary N) is 1. The maximum atomic E-state index is 11.4. The lowest BCUT2D eigenvalue weighted by Crippen LogP contribution is -2.47. The van der Waals surface area contributed by atoms with Crippen LogP contribution in [-0.4, -0.2) is 69.5 Å². The Morgan fingerprint density at radius 1 is 1.47 bits per heavy atom. The first-order valence-corrected chi connectivity index (χ1v) is 5.12. The van der Waals surface area contributed by atoms with Gasteiger partial charge in [0.2, 0.25) is 0 Å². The fourth-order valence-corrected chi connectivity index (χ4v) is 1.56. The SMILES string of the molecule is [N-]=[N+]=NC1[C@@H](O)[C@@H](O)O[C@@H]1[C@@H](O)C(=O)NCC(=O)O. The molecule has 1 unspecified atom stereocenters. The van der Waals surface area contributed by atoms with Crippen LogP contribution in [0.2, 0.25) is 0 Å². The third-order valence-corrected chi connectivity index (χ3v) is 2.45. The van der Waals surface area contributed by atoms with Crippen molar-refractivity contribution in [2.75, 3.05) is 6.54 Å². The predicted octanol–water partition coefficient (Wildman–Crippen LogP) is -2.69. The van der Waals surface area contributed by atoms with Crippen LogP contribution in [0, 0.1) is 0 Å². The summed E-state index contributed by atoms with van der Waals surface area (Å²) in [6, 6.07) is -1.37. The van der Waals surface area contributed by atoms with Crippen molar-refractivity contribution in [3.63, 3.8) is 0 Å². The van der Waals surface area contributed by atoms with E-state index in [0.29, 0.717) is 0 Å². The van der Waals surface area contributed by atoms with E-state index in [0.717, 1.165) is 0 Å². The summed E-state index contributed by atoms with van der Waals surface area (Å²) in [4.78, 5) is 24.0. The molecule has 1 saturated heterocycles. The lowest BCUT2D eigenvalue weighted by atomic mass is 10.0. The molecule has 19 heavy (non-hydrogen) atoms. The molecular weight excluding hydrogens is 264 g/mol. The normalized spacial score (nSPS) is 31.3. The van der Waals surface area contributed by atoms with Gasteiger partial charge in [0, 0.05) is 4.91 Å². The van der Waals surface area contributed by atoms with E-state index < -0.39 is 49.1 Å². The van der Waals surface area contributed by atoms with E-state index in [1.807, 2.05) is 5.32 Å². The molecule has 1 rings (SSSR count). The van der Waals surface area contributed by atoms with Crippen molar-refractivity contribution in [1.29, 1.82) is 0 Å². The number of aliphatic carboxylic acids is 1. The molecule has 5 N–H and O–H groups in total. The van der Waals surface area contributed by atoms with Crippen molar-refractivity contribution >= 4 is 11.9 Å². The molecule has 0 saturated carbocycles. The Kier molecular flexibility index (Phi) is 5.03. The quantitative estimate of drug-likeness (QED) is 0.205. The van der Waals surface area contributed by atoms with E-state index in [4.69, 9.17) is 15.4 Å². The van der Waals surface area contributed by atoms with Gasteiger partial charge in [-0.15, -0.1) is 0 Å². The van der Waals surface area contributed by atoms with E-state index in [1.165, 1.54) is 0 Å². The van der Waals surface area contributed by atoms with Gasteiger partial charge >= 0.3 is 5.97 Å². The predicted molar refractivity (Wildman–Crippen MR) is 56.5 cm³/mol. The van der Waals surface area contributed by atoms with Gasteiger partial charge in [0.25, 0.3) is 5.91 Å². The number of aliphatic hydroxyl groups excluding tert-OH is 3. The van der Waals surface area contributed by atoms with Gasteiger partial charge in [-0.3, -0.25) is 9.59 Å². The molecule has 106 valence electrons. The van der Waals surface area contributed by atoms with Gasteiger partial charge in [0.1, 0.15) is 18.8 Å². The Bertz CT molecular complexity index is 410. The Hall–Kier alpha value is -1.91. The van der Waals surface area contributed by atoms with Crippen LogP contribution in [0.5, 0.6) is 0 Å². The minimum Gasteiger partial charge on any atom is -0.480 e. The first-order chi connectivity index (χ1) is 8.88. The zero-order chi connectivity index (χ0) is 14.6. The van der Waals surface area contributed by atoms with E-state index in [1.54, 1.807) is 0 Å². The van der Waals surface area contributed by atoms with E-state index >= 15 is 0 Å². The van der Waals surface area contributed by atoms with Gasteiger partial charge in [0.15, 0.2) is 12.4 Å². The lowest BCUT2D eigenvalue weighted by molar-refractivity contribution is -0.158. The van der Waals surface area contributed by atoms with Crippen LogP contribution in [0.3, 0.4) is 0 Å². The molecule has 0 aromatic carbocycles. The molecule has 0 aromatic rings. The molecular formula is C8H12N4O7. The first kappa shape index (κ1) is 15.1. The summed E-state index contributed by atoms with van der Waals surface area (Å²) in [5, 5.41) is 41.6. The highest BCUT2D eigenvalue weighted by atomic mass is 16.6. The highest BCUT2D eigenvalue weighted by Crippen LogP contribution is 2.25. The summed E-state index contributed by atoms with van der Waals surface area (Å²) in [6.07, 6.45) is -6.69. The largest absolute Gasteiger partial charge is 0.480 e. The fraction of sp³-hybridized carbons (Fsp3) is 0.750. The Morgan fingerprint density at radius 2 is 2.11 bits per heavy atom. The number of hydrogen-bond donors (Lipinski definition) is 5. The number of amides is 1. The van der Waals surface area contributed by atoms with E-state index in [2.05, 4.69) is 10.0 Å². The molecule has 1 aliphatic rings. The Morgan fingerprint density at radius 3 is 2.63 bits per heavy atom. The minimum absolute atomic E-state index is 0.722. The maximum absolute atomic E-state index is 11.4. The van der Waals surface area contributed by atoms with Gasteiger partial charge in [-0.2, -0.15) is 0 Å². The third kappa shape index (κ3) is 3.53. The fourth-order valence-electron chi connectivity index (χ4n) is 1.56. The van der Waals surface area contributed by atoms with Crippen LogP contribution in [0.4, 0.5) is 0 Å². The molecule has 0 bridgehead atoms. The van der Waals surface area contributed by atoms with Crippen LogP contribution in [0.15, 0.2) is 5.11 Å². The van der Waals surface area contributed by atoms with Crippen molar-refractivity contribution in [2.24, 2.45) is 5.11 Å². The number of azide groups is 1. The third-order valence-electron chi connectivity index (χ3n) is 2.45. The number of nitrogens with zero attached hydrogens (tertiary/aromatic N) is 3. The number of hydrogen-bond acceptors (Lipinski definition) is 7. The molecule has 0 spiro atoms. The number of carboxylic acids is 1. The summed E-state index contributed by atoms with van der Waals surface area (Å²) < 4.78 is 4.71. The summed E-state index contributed by atoms with van der Waals surface area (Å²) in [7, 11) is 0. The van der Waals surface area contributed by atoms with Crippen LogP contribution >= 0.6 is 0 Å². The van der Waals surface area contributed by atoms with Gasteiger partial charge < -0.3 is 30.5 Å². The second-order valence-electron chi connectivity index (χ2n) is 3.73. The molecule has 1 aliphatic heterocycles. The van der Waals surface area contributed by atoms with Gasteiger partial charge in [0.05, 0.1) is 6.04 Å². The maximum Gasteiger partial charge on any atom is 0.322 e. The van der Waals surface area contributed by atoms with Crippen molar-refractivity contribution in [1.82, 2.24) is 5.32 Å². The second-order valence-corrected chi connectivity index (χ2v) is 3.73. The number of carboxylic acid groups (broad SMARTS) is 1. The first-order valence-electron chi connectivity index (χ1n) is 5.12. The minimum atomic E-state index is -1.90. The van der Waals surface area contributed by atoms with Gasteiger partial charge in [-0.25, -0.2) is 0 Å². The van der Waals surface area contributed by atoms with Crippen molar-refractivity contribution < 1.29 is 34.8 Å². The Labute approximate surface area is 106 Å². The summed E-state index contributed by atoms with van der Waals surface area (Å²) in [6.45, 7) is -0.722. The molecule has 0 aromatic heterocycles. The smallest absolute Gasteiger partial charge is 0.322 e. The number of rotatable bonds is 5. The van der Waals surface area contributed by atoms with Crippen molar-refractivity contribution in [2.45, 2.75) is 30.6 Å². The number of carbonyl (C=O) groups excluding carboxylic acids is 1. The topological polar surface area (TPSA) is 185 Å². The molecule has 0 aliphatic carbocycles. The van der Waals surface area contributed by atoms with Crippen molar-refractivity contribution in [3.8, 4) is 0 Å². The van der Waals surface area contributed by atoms with Crippen LogP contribution in [-0.2, 0) is 14.3 Å². The van der Waals surface area contributed by atoms with E-state index in [9.17, 15) is 24.9 Å². The Balaban J connectivity index is 2.74. The molecule has 0 radical (unpaired) electrons. The highest BCUT2D eigenvalue weighted by Gasteiger charge is 2.47. The number of aliphatic hydroxyl groups is 3. The summed E-state index contributed by atoms with van der Waals surface area (Å²) in [5.41, 5.74) is 8.30.